The Kier molecular flexibility index (Phi) is 2.76. The molecule has 1 atom stereocenters. The first-order valence-electron chi connectivity index (χ1n) is 6.16. The van der Waals surface area contributed by atoms with Gasteiger partial charge in [0.1, 0.15) is 5.65 Å². The lowest BCUT2D eigenvalue weighted by molar-refractivity contribution is -0.121. The minimum Gasteiger partial charge on any atom is -0.355 e. The highest BCUT2D eigenvalue weighted by Gasteiger charge is 2.22. The summed E-state index contributed by atoms with van der Waals surface area (Å²) in [5.41, 5.74) is 2.11. The molecule has 2 aromatic heterocycles. The number of carbonyl (C=O) groups is 1. The molecule has 1 fully saturated rings. The van der Waals surface area contributed by atoms with E-state index in [1.54, 1.807) is 6.20 Å². The summed E-state index contributed by atoms with van der Waals surface area (Å²) in [4.78, 5) is 16.0. The van der Waals surface area contributed by atoms with E-state index in [0.29, 0.717) is 13.0 Å². The van der Waals surface area contributed by atoms with Crippen molar-refractivity contribution in [3.05, 3.63) is 30.1 Å². The number of pyridine rings is 1. The van der Waals surface area contributed by atoms with Crippen LogP contribution < -0.4 is 10.6 Å². The van der Waals surface area contributed by atoms with Gasteiger partial charge in [0.2, 0.25) is 5.91 Å². The van der Waals surface area contributed by atoms with Crippen LogP contribution in [-0.2, 0) is 11.8 Å². The molecule has 0 bridgehead atoms. The lowest BCUT2D eigenvalue weighted by Crippen LogP contribution is -2.24. The van der Waals surface area contributed by atoms with Crippen LogP contribution in [0.4, 0.5) is 0 Å². The number of hydrogen-bond acceptors (Lipinski definition) is 3. The summed E-state index contributed by atoms with van der Waals surface area (Å²) >= 11 is 0. The smallest absolute Gasteiger partial charge is 0.221 e. The van der Waals surface area contributed by atoms with Crippen molar-refractivity contribution in [2.24, 2.45) is 7.05 Å². The van der Waals surface area contributed by atoms with E-state index in [9.17, 15) is 4.79 Å². The van der Waals surface area contributed by atoms with Crippen molar-refractivity contribution < 1.29 is 4.79 Å². The maximum absolute atomic E-state index is 11.6. The average molecular weight is 244 g/mol. The van der Waals surface area contributed by atoms with Crippen molar-refractivity contribution in [1.82, 2.24) is 20.2 Å². The predicted molar refractivity (Wildman–Crippen MR) is 69.1 cm³/mol. The zero-order valence-electron chi connectivity index (χ0n) is 10.3. The number of nitrogens with one attached hydrogen (secondary N) is 2. The van der Waals surface area contributed by atoms with Gasteiger partial charge < -0.3 is 15.2 Å². The summed E-state index contributed by atoms with van der Waals surface area (Å²) in [6.07, 6.45) is 4.33. The Morgan fingerprint density at radius 2 is 2.33 bits per heavy atom. The van der Waals surface area contributed by atoms with Gasteiger partial charge in [0.15, 0.2) is 0 Å². The van der Waals surface area contributed by atoms with Crippen LogP contribution in [0.3, 0.4) is 0 Å². The zero-order valence-corrected chi connectivity index (χ0v) is 10.3. The van der Waals surface area contributed by atoms with Gasteiger partial charge in [0.25, 0.3) is 0 Å². The van der Waals surface area contributed by atoms with Gasteiger partial charge >= 0.3 is 0 Å². The number of amides is 1. The normalized spacial score (nSPS) is 20.7. The summed E-state index contributed by atoms with van der Waals surface area (Å²) in [6, 6.07) is 4.06. The minimum absolute atomic E-state index is 0.0698. The fraction of sp³-hybridized carbons (Fsp3) is 0.385. The van der Waals surface area contributed by atoms with Gasteiger partial charge in [0, 0.05) is 50.4 Å². The maximum Gasteiger partial charge on any atom is 0.221 e. The molecule has 3 rings (SSSR count). The number of aryl methyl sites for hydroxylation is 1. The highest BCUT2D eigenvalue weighted by molar-refractivity contribution is 5.83. The van der Waals surface area contributed by atoms with E-state index < -0.39 is 0 Å². The first-order chi connectivity index (χ1) is 8.75. The summed E-state index contributed by atoms with van der Waals surface area (Å²) in [5, 5.41) is 7.40. The van der Waals surface area contributed by atoms with Crippen LogP contribution in [0.2, 0.25) is 0 Å². The highest BCUT2D eigenvalue weighted by Crippen LogP contribution is 2.27. The molecule has 0 saturated carbocycles. The molecule has 1 amide bonds. The number of fused-ring (bicyclic) bond motifs is 1. The van der Waals surface area contributed by atoms with Gasteiger partial charge in [-0.25, -0.2) is 4.98 Å². The molecule has 5 nitrogen and oxygen atoms in total. The molecule has 0 spiro atoms. The lowest BCUT2D eigenvalue weighted by Gasteiger charge is -2.13. The van der Waals surface area contributed by atoms with E-state index in [2.05, 4.69) is 27.9 Å². The van der Waals surface area contributed by atoms with Gasteiger partial charge in [-0.15, -0.1) is 0 Å². The quantitative estimate of drug-likeness (QED) is 0.777. The van der Waals surface area contributed by atoms with Crippen LogP contribution in [0.1, 0.15) is 18.0 Å². The van der Waals surface area contributed by atoms with E-state index in [1.807, 2.05) is 17.7 Å². The van der Waals surface area contributed by atoms with Crippen molar-refractivity contribution in [3.63, 3.8) is 0 Å². The minimum atomic E-state index is 0.0698. The Bertz CT molecular complexity index is 590. The van der Waals surface area contributed by atoms with E-state index >= 15 is 0 Å². The van der Waals surface area contributed by atoms with Crippen molar-refractivity contribution in [2.75, 3.05) is 13.1 Å². The summed E-state index contributed by atoms with van der Waals surface area (Å²) < 4.78 is 2.01. The van der Waals surface area contributed by atoms with Crippen LogP contribution in [0, 0.1) is 0 Å². The van der Waals surface area contributed by atoms with Crippen molar-refractivity contribution in [1.29, 1.82) is 0 Å². The second-order valence-electron chi connectivity index (χ2n) is 4.63. The highest BCUT2D eigenvalue weighted by atomic mass is 16.1. The van der Waals surface area contributed by atoms with Gasteiger partial charge in [-0.05, 0) is 17.7 Å². The molecule has 5 heteroatoms. The topological polar surface area (TPSA) is 59.0 Å². The molecule has 2 N–H and O–H groups in total. The summed E-state index contributed by atoms with van der Waals surface area (Å²) in [5.74, 6) is 0.103. The molecule has 1 saturated heterocycles. The predicted octanol–water partition coefficient (Wildman–Crippen LogP) is 0.724. The molecule has 94 valence electrons. The summed E-state index contributed by atoms with van der Waals surface area (Å²) in [7, 11) is 1.98. The lowest BCUT2D eigenvalue weighted by atomic mass is 10.0. The van der Waals surface area contributed by atoms with Crippen LogP contribution in [0.25, 0.3) is 11.0 Å². The standard InChI is InChI=1S/C13H16N4O/c1-17-8-10(9-3-2-4-16-13(9)17)11-7-12(18)15-6-5-14-11/h2-4,8,11,14H,5-7H2,1H3,(H,15,18). The molecule has 2 aromatic rings. The number of aromatic nitrogens is 2. The number of nitrogens with zero attached hydrogens (tertiary/aromatic N) is 2. The van der Waals surface area contributed by atoms with E-state index in [0.717, 1.165) is 23.1 Å². The monoisotopic (exact) mass is 244 g/mol. The Hall–Kier alpha value is -1.88. The van der Waals surface area contributed by atoms with Gasteiger partial charge in [-0.1, -0.05) is 0 Å². The van der Waals surface area contributed by atoms with E-state index in [1.165, 1.54) is 0 Å². The van der Waals surface area contributed by atoms with Crippen molar-refractivity contribution in [2.45, 2.75) is 12.5 Å². The Labute approximate surface area is 105 Å². The number of hydrogen-bond donors (Lipinski definition) is 2. The molecule has 0 aliphatic carbocycles. The van der Waals surface area contributed by atoms with Crippen molar-refractivity contribution in [3.8, 4) is 0 Å². The SMILES string of the molecule is Cn1cc(C2CC(=O)NCCN2)c2cccnc21. The molecule has 0 radical (unpaired) electrons. The van der Waals surface area contributed by atoms with Gasteiger partial charge in [-0.3, -0.25) is 4.79 Å². The molecule has 18 heavy (non-hydrogen) atoms. The van der Waals surface area contributed by atoms with Gasteiger partial charge in [0.05, 0.1) is 0 Å². The molecule has 3 heterocycles. The molecule has 0 aromatic carbocycles. The summed E-state index contributed by atoms with van der Waals surface area (Å²) in [6.45, 7) is 1.49. The molecule has 1 aliphatic heterocycles. The Morgan fingerprint density at radius 1 is 1.44 bits per heavy atom. The van der Waals surface area contributed by atoms with E-state index in [4.69, 9.17) is 0 Å². The molecule has 1 unspecified atom stereocenters. The molecular weight excluding hydrogens is 228 g/mol. The van der Waals surface area contributed by atoms with Crippen molar-refractivity contribution >= 4 is 16.9 Å². The second kappa shape index (κ2) is 4.42. The fourth-order valence-corrected chi connectivity index (χ4v) is 2.52. The van der Waals surface area contributed by atoms with E-state index in [-0.39, 0.29) is 11.9 Å². The Balaban J connectivity index is 2.05. The van der Waals surface area contributed by atoms with Crippen LogP contribution in [0.5, 0.6) is 0 Å². The van der Waals surface area contributed by atoms with Crippen LogP contribution in [-0.4, -0.2) is 28.5 Å². The van der Waals surface area contributed by atoms with Crippen LogP contribution in [0.15, 0.2) is 24.5 Å². The number of carbonyl (C=O) groups excluding carboxylic acids is 1. The largest absolute Gasteiger partial charge is 0.355 e. The Morgan fingerprint density at radius 3 is 3.22 bits per heavy atom. The first kappa shape index (κ1) is 11.2. The third-order valence-corrected chi connectivity index (χ3v) is 3.37. The third kappa shape index (κ3) is 1.86. The third-order valence-electron chi connectivity index (χ3n) is 3.37. The number of rotatable bonds is 1. The fourth-order valence-electron chi connectivity index (χ4n) is 2.52. The zero-order chi connectivity index (χ0) is 12.5. The van der Waals surface area contributed by atoms with Crippen LogP contribution >= 0.6 is 0 Å². The maximum atomic E-state index is 11.6. The molecular formula is C13H16N4O. The molecule has 1 aliphatic rings. The first-order valence-corrected chi connectivity index (χ1v) is 6.16. The average Bonchev–Trinajstić information content (AvgIpc) is 2.57. The van der Waals surface area contributed by atoms with Gasteiger partial charge in [-0.2, -0.15) is 0 Å². The second-order valence-corrected chi connectivity index (χ2v) is 4.63.